The zero-order valence-electron chi connectivity index (χ0n) is 15.2. The zero-order chi connectivity index (χ0) is 20.3. The monoisotopic (exact) mass is 398 g/mol. The summed E-state index contributed by atoms with van der Waals surface area (Å²) in [6.45, 7) is -0.100. The lowest BCUT2D eigenvalue weighted by Gasteiger charge is -2.08. The molecule has 28 heavy (non-hydrogen) atoms. The highest BCUT2D eigenvalue weighted by Crippen LogP contribution is 2.24. The normalized spacial score (nSPS) is 13.3. The number of hydrogen-bond donors (Lipinski definition) is 5. The first-order chi connectivity index (χ1) is 13.4. The van der Waals surface area contributed by atoms with Crippen LogP contribution in [0.25, 0.3) is 5.57 Å². The molecule has 144 valence electrons. The Morgan fingerprint density at radius 1 is 1.21 bits per heavy atom. The van der Waals surface area contributed by atoms with Crippen molar-refractivity contribution in [2.24, 2.45) is 0 Å². The van der Waals surface area contributed by atoms with E-state index >= 15 is 0 Å². The number of nitrogens with zero attached hydrogens (tertiary/aromatic N) is 3. The largest absolute Gasteiger partial charge is 0.371 e. The van der Waals surface area contributed by atoms with E-state index in [9.17, 15) is 9.59 Å². The molecule has 0 saturated heterocycles. The summed E-state index contributed by atoms with van der Waals surface area (Å²) in [6.07, 6.45) is 6.22. The fourth-order valence-electron chi connectivity index (χ4n) is 2.52. The third-order valence-electron chi connectivity index (χ3n) is 3.90. The second kappa shape index (κ2) is 7.96. The molecule has 2 amide bonds. The van der Waals surface area contributed by atoms with E-state index in [0.717, 1.165) is 0 Å². The summed E-state index contributed by atoms with van der Waals surface area (Å²) in [5.74, 6) is -0.322. The Kier molecular flexibility index (Phi) is 5.45. The molecule has 1 aliphatic rings. The first kappa shape index (κ1) is 19.2. The lowest BCUT2D eigenvalue weighted by Crippen LogP contribution is -2.26. The van der Waals surface area contributed by atoms with Gasteiger partial charge >= 0.3 is 0 Å². The van der Waals surface area contributed by atoms with Crippen molar-refractivity contribution in [3.8, 4) is 0 Å². The van der Waals surface area contributed by atoms with E-state index in [1.807, 2.05) is 0 Å². The third kappa shape index (κ3) is 3.88. The number of anilines is 2. The van der Waals surface area contributed by atoms with E-state index in [1.54, 1.807) is 24.6 Å². The lowest BCUT2D eigenvalue weighted by molar-refractivity contribution is -0.116. The molecule has 0 saturated carbocycles. The van der Waals surface area contributed by atoms with Gasteiger partial charge in [0.15, 0.2) is 16.6 Å². The van der Waals surface area contributed by atoms with Crippen LogP contribution in [-0.4, -0.2) is 51.9 Å². The van der Waals surface area contributed by atoms with Gasteiger partial charge in [-0.15, -0.1) is 11.3 Å². The Labute approximate surface area is 164 Å². The molecule has 2 aromatic heterocycles. The molecular weight excluding hydrogens is 380 g/mol. The van der Waals surface area contributed by atoms with Gasteiger partial charge in [0.25, 0.3) is 5.91 Å². The molecule has 0 atom stereocenters. The molecule has 2 heterocycles. The van der Waals surface area contributed by atoms with Crippen LogP contribution in [0, 0.1) is 10.8 Å². The van der Waals surface area contributed by atoms with Crippen LogP contribution in [0.2, 0.25) is 0 Å². The maximum absolute atomic E-state index is 12.4. The highest BCUT2D eigenvalue weighted by atomic mass is 32.1. The van der Waals surface area contributed by atoms with Crippen LogP contribution in [-0.2, 0) is 11.3 Å². The van der Waals surface area contributed by atoms with E-state index in [2.05, 4.69) is 25.9 Å². The highest BCUT2D eigenvalue weighted by molar-refractivity contribution is 7.14. The number of rotatable bonds is 6. The van der Waals surface area contributed by atoms with Gasteiger partial charge in [0.05, 0.1) is 23.4 Å². The summed E-state index contributed by atoms with van der Waals surface area (Å²) in [5.41, 5.74) is 1.82. The smallest absolute Gasteiger partial charge is 0.271 e. The number of carbonyl (C=O) groups excluding carboxylic acids is 2. The van der Waals surface area contributed by atoms with E-state index in [4.69, 9.17) is 10.8 Å². The van der Waals surface area contributed by atoms with E-state index in [-0.39, 0.29) is 35.5 Å². The number of imidazole rings is 1. The van der Waals surface area contributed by atoms with Gasteiger partial charge in [-0.1, -0.05) is 6.08 Å². The molecule has 0 radical (unpaired) electrons. The van der Waals surface area contributed by atoms with Crippen LogP contribution in [0.5, 0.6) is 0 Å². The summed E-state index contributed by atoms with van der Waals surface area (Å²) < 4.78 is 1.45. The van der Waals surface area contributed by atoms with Crippen LogP contribution >= 0.6 is 11.3 Å². The number of nitrogens with one attached hydrogen (secondary N) is 5. The Bertz CT molecular complexity index is 1030. The number of carbonyl (C=O) groups is 2. The van der Waals surface area contributed by atoms with E-state index < -0.39 is 0 Å². The maximum atomic E-state index is 12.4. The molecule has 0 fully saturated rings. The summed E-state index contributed by atoms with van der Waals surface area (Å²) in [7, 11) is 3.15. The van der Waals surface area contributed by atoms with Crippen molar-refractivity contribution in [3.05, 3.63) is 41.3 Å². The fourth-order valence-corrected chi connectivity index (χ4v) is 3.26. The predicted molar refractivity (Wildman–Crippen MR) is 108 cm³/mol. The number of thiazole rings is 1. The summed E-state index contributed by atoms with van der Waals surface area (Å²) in [6, 6.07) is 0. The predicted octanol–water partition coefficient (Wildman–Crippen LogP) is 1.37. The Hall–Kier alpha value is -3.60. The average Bonchev–Trinajstić information content (AvgIpc) is 3.30. The van der Waals surface area contributed by atoms with Crippen molar-refractivity contribution in [1.29, 1.82) is 10.8 Å². The van der Waals surface area contributed by atoms with Crippen LogP contribution in [0.3, 0.4) is 0 Å². The van der Waals surface area contributed by atoms with Gasteiger partial charge in [-0.3, -0.25) is 20.4 Å². The molecule has 1 aliphatic carbocycles. The number of amides is 2. The highest BCUT2D eigenvalue weighted by Gasteiger charge is 2.19. The van der Waals surface area contributed by atoms with Crippen molar-refractivity contribution in [2.75, 3.05) is 24.7 Å². The van der Waals surface area contributed by atoms with E-state index in [0.29, 0.717) is 22.2 Å². The van der Waals surface area contributed by atoms with Gasteiger partial charge in [0.2, 0.25) is 5.91 Å². The molecule has 0 unspecified atom stereocenters. The lowest BCUT2D eigenvalue weighted by atomic mass is 10.0. The summed E-state index contributed by atoms with van der Waals surface area (Å²) in [4.78, 5) is 32.9. The molecule has 0 bridgehead atoms. The third-order valence-corrected chi connectivity index (χ3v) is 4.65. The van der Waals surface area contributed by atoms with Crippen molar-refractivity contribution < 1.29 is 9.59 Å². The zero-order valence-corrected chi connectivity index (χ0v) is 16.0. The number of aromatic nitrogens is 3. The topological polar surface area (TPSA) is 149 Å². The Balaban J connectivity index is 1.71. The summed E-state index contributed by atoms with van der Waals surface area (Å²) in [5, 5.41) is 25.5. The minimum absolute atomic E-state index is 0.100. The molecule has 0 aliphatic heterocycles. The van der Waals surface area contributed by atoms with Gasteiger partial charge in [-0.2, -0.15) is 0 Å². The SMILES string of the molecule is CNC(=O)c1c(NC)ncn1CC(=O)Nc1nc(C2=CC(=N)C(=N)C=C2)cs1. The Morgan fingerprint density at radius 2 is 2.00 bits per heavy atom. The first-order valence-corrected chi connectivity index (χ1v) is 9.09. The molecular formula is C17H18N8O2S. The quantitative estimate of drug-likeness (QED) is 0.466. The number of hydrogen-bond acceptors (Lipinski definition) is 8. The second-order valence-corrected chi connectivity index (χ2v) is 6.60. The van der Waals surface area contributed by atoms with Crippen molar-refractivity contribution >= 4 is 51.1 Å². The van der Waals surface area contributed by atoms with Crippen molar-refractivity contribution in [3.63, 3.8) is 0 Å². The minimum Gasteiger partial charge on any atom is -0.371 e. The van der Waals surface area contributed by atoms with Crippen LogP contribution < -0.4 is 16.0 Å². The van der Waals surface area contributed by atoms with Crippen LogP contribution in [0.4, 0.5) is 10.9 Å². The second-order valence-electron chi connectivity index (χ2n) is 5.75. The molecule has 11 heteroatoms. The fraction of sp³-hybridized carbons (Fsp3) is 0.176. The van der Waals surface area contributed by atoms with E-state index in [1.165, 1.54) is 35.4 Å². The van der Waals surface area contributed by atoms with Gasteiger partial charge in [-0.25, -0.2) is 9.97 Å². The molecule has 2 aromatic rings. The van der Waals surface area contributed by atoms with Gasteiger partial charge in [0.1, 0.15) is 6.54 Å². The number of allylic oxidation sites excluding steroid dienone is 4. The van der Waals surface area contributed by atoms with Crippen LogP contribution in [0.15, 0.2) is 29.9 Å². The van der Waals surface area contributed by atoms with Gasteiger partial charge < -0.3 is 20.5 Å². The Morgan fingerprint density at radius 3 is 2.68 bits per heavy atom. The average molecular weight is 398 g/mol. The van der Waals surface area contributed by atoms with Crippen molar-refractivity contribution in [1.82, 2.24) is 19.9 Å². The maximum Gasteiger partial charge on any atom is 0.271 e. The first-order valence-electron chi connectivity index (χ1n) is 8.21. The van der Waals surface area contributed by atoms with Gasteiger partial charge in [-0.05, 0) is 12.2 Å². The van der Waals surface area contributed by atoms with Gasteiger partial charge in [0, 0.05) is 25.0 Å². The standard InChI is InChI=1S/C17H18N8O2S/c1-20-15-14(16(27)21-2)25(8-22-15)6-13(26)24-17-23-12(7-28-17)9-3-4-10(18)11(19)5-9/h3-5,7-8,18-20H,6H2,1-2H3,(H,21,27)(H,23,24,26). The summed E-state index contributed by atoms with van der Waals surface area (Å²) >= 11 is 1.25. The van der Waals surface area contributed by atoms with Crippen molar-refractivity contribution in [2.45, 2.75) is 6.54 Å². The molecule has 5 N–H and O–H groups in total. The van der Waals surface area contributed by atoms with Crippen LogP contribution in [0.1, 0.15) is 16.2 Å². The molecule has 0 aromatic carbocycles. The molecule has 10 nitrogen and oxygen atoms in total. The molecule has 0 spiro atoms. The minimum atomic E-state index is -0.353. The molecule has 3 rings (SSSR count).